The van der Waals surface area contributed by atoms with Gasteiger partial charge in [0.2, 0.25) is 0 Å². The van der Waals surface area contributed by atoms with E-state index in [0.717, 1.165) is 38.9 Å². The molecule has 208 valence electrons. The Morgan fingerprint density at radius 3 is 1.51 bits per heavy atom. The SMILES string of the molecule is C=C(C)C(=O)OCCC[Si](OCC)(OCCOCCOCCCC)OCCOCCOCCCC. The van der Waals surface area contributed by atoms with Crippen LogP contribution >= 0.6 is 0 Å². The number of unbranched alkanes of at least 4 members (excludes halogenated alkanes) is 2. The van der Waals surface area contributed by atoms with Crippen molar-refractivity contribution in [1.29, 1.82) is 0 Å². The third kappa shape index (κ3) is 21.0. The predicted octanol–water partition coefficient (Wildman–Crippen LogP) is 4.17. The highest BCUT2D eigenvalue weighted by atomic mass is 28.4. The maximum absolute atomic E-state index is 11.6. The highest BCUT2D eigenvalue weighted by Gasteiger charge is 2.40. The second-order valence-electron chi connectivity index (χ2n) is 7.99. The largest absolute Gasteiger partial charge is 0.501 e. The van der Waals surface area contributed by atoms with Crippen LogP contribution in [0.1, 0.15) is 59.8 Å². The molecule has 0 atom stereocenters. The van der Waals surface area contributed by atoms with Crippen LogP contribution < -0.4 is 0 Å². The summed E-state index contributed by atoms with van der Waals surface area (Å²) in [6, 6.07) is 0.518. The van der Waals surface area contributed by atoms with Gasteiger partial charge in [-0.15, -0.1) is 0 Å². The first-order valence-corrected chi connectivity index (χ1v) is 15.0. The molecule has 0 unspecified atom stereocenters. The van der Waals surface area contributed by atoms with Gasteiger partial charge >= 0.3 is 14.8 Å². The zero-order chi connectivity index (χ0) is 26.0. The Hall–Kier alpha value is -0.853. The van der Waals surface area contributed by atoms with Gasteiger partial charge < -0.3 is 37.0 Å². The van der Waals surface area contributed by atoms with Crippen molar-refractivity contribution < 1.29 is 41.8 Å². The second kappa shape index (κ2) is 24.8. The highest BCUT2D eigenvalue weighted by Crippen LogP contribution is 2.18. The standard InChI is InChI=1S/C25H50O9Si/c1-6-9-12-27-15-17-29-19-21-33-35(32-8-3,23-11-14-31-25(26)24(4)5)34-22-20-30-18-16-28-13-10-7-2/h4,6-23H2,1-3,5H3. The molecule has 0 aliphatic carbocycles. The Morgan fingerprint density at radius 1 is 0.629 bits per heavy atom. The summed E-state index contributed by atoms with van der Waals surface area (Å²) in [5, 5.41) is 0. The van der Waals surface area contributed by atoms with E-state index >= 15 is 0 Å². The van der Waals surface area contributed by atoms with Crippen molar-refractivity contribution in [3.05, 3.63) is 12.2 Å². The maximum Gasteiger partial charge on any atom is 0.501 e. The molecule has 10 heteroatoms. The second-order valence-corrected chi connectivity index (χ2v) is 10.7. The first-order valence-electron chi connectivity index (χ1n) is 13.1. The number of ether oxygens (including phenoxy) is 5. The smallest absolute Gasteiger partial charge is 0.462 e. The number of hydrogen-bond donors (Lipinski definition) is 0. The minimum absolute atomic E-state index is 0.247. The van der Waals surface area contributed by atoms with Crippen LogP contribution in [0.5, 0.6) is 0 Å². The number of esters is 1. The number of rotatable bonds is 27. The lowest BCUT2D eigenvalue weighted by Crippen LogP contribution is -2.47. The van der Waals surface area contributed by atoms with E-state index in [1.807, 2.05) is 6.92 Å². The van der Waals surface area contributed by atoms with Crippen molar-refractivity contribution >= 4 is 14.8 Å². The number of hydrogen-bond acceptors (Lipinski definition) is 9. The summed E-state index contributed by atoms with van der Waals surface area (Å²) in [6.07, 6.45) is 4.90. The molecular formula is C25H50O9Si. The van der Waals surface area contributed by atoms with E-state index in [2.05, 4.69) is 20.4 Å². The van der Waals surface area contributed by atoms with Gasteiger partial charge in [0.1, 0.15) is 0 Å². The summed E-state index contributed by atoms with van der Waals surface area (Å²) < 4.78 is 45.7. The van der Waals surface area contributed by atoms with E-state index in [4.69, 9.17) is 37.0 Å². The number of carbonyl (C=O) groups excluding carboxylic acids is 1. The Kier molecular flexibility index (Phi) is 24.2. The molecule has 0 radical (unpaired) electrons. The van der Waals surface area contributed by atoms with E-state index in [0.29, 0.717) is 77.5 Å². The van der Waals surface area contributed by atoms with Crippen molar-refractivity contribution in [2.45, 2.75) is 65.8 Å². The van der Waals surface area contributed by atoms with E-state index in [-0.39, 0.29) is 6.61 Å². The van der Waals surface area contributed by atoms with Crippen LogP contribution in [0, 0.1) is 0 Å². The average molecular weight is 523 g/mol. The van der Waals surface area contributed by atoms with Crippen molar-refractivity contribution in [3.63, 3.8) is 0 Å². The quantitative estimate of drug-likeness (QED) is 0.0682. The zero-order valence-corrected chi connectivity index (χ0v) is 23.6. The van der Waals surface area contributed by atoms with Crippen LogP contribution in [0.3, 0.4) is 0 Å². The topological polar surface area (TPSA) is 90.9 Å². The zero-order valence-electron chi connectivity index (χ0n) is 22.6. The first kappa shape index (κ1) is 34.1. The number of carbonyl (C=O) groups is 1. The van der Waals surface area contributed by atoms with Crippen molar-refractivity contribution in [2.24, 2.45) is 0 Å². The van der Waals surface area contributed by atoms with Crippen molar-refractivity contribution in [1.82, 2.24) is 0 Å². The molecule has 35 heavy (non-hydrogen) atoms. The van der Waals surface area contributed by atoms with Gasteiger partial charge in [-0.1, -0.05) is 33.3 Å². The molecule has 0 fully saturated rings. The summed E-state index contributed by atoms with van der Waals surface area (Å²) >= 11 is 0. The molecule has 0 aromatic rings. The summed E-state index contributed by atoms with van der Waals surface area (Å²) in [6.45, 7) is 17.3. The fourth-order valence-corrected chi connectivity index (χ4v) is 5.28. The normalized spacial score (nSPS) is 11.7. The molecule has 9 nitrogen and oxygen atoms in total. The molecule has 0 saturated carbocycles. The molecular weight excluding hydrogens is 472 g/mol. The van der Waals surface area contributed by atoms with Gasteiger partial charge in [0.05, 0.1) is 59.5 Å². The van der Waals surface area contributed by atoms with Crippen LogP contribution in [0.15, 0.2) is 12.2 Å². The summed E-state index contributed by atoms with van der Waals surface area (Å²) in [5.74, 6) is -0.403. The lowest BCUT2D eigenvalue weighted by Gasteiger charge is -2.29. The fraction of sp³-hybridized carbons (Fsp3) is 0.880. The van der Waals surface area contributed by atoms with Crippen LogP contribution in [-0.2, 0) is 41.8 Å². The van der Waals surface area contributed by atoms with E-state index < -0.39 is 14.8 Å². The lowest BCUT2D eigenvalue weighted by atomic mass is 10.4. The van der Waals surface area contributed by atoms with Gasteiger partial charge in [0.15, 0.2) is 0 Å². The van der Waals surface area contributed by atoms with E-state index in [1.165, 1.54) is 0 Å². The molecule has 0 rings (SSSR count). The van der Waals surface area contributed by atoms with Crippen molar-refractivity contribution in [2.75, 3.05) is 79.3 Å². The van der Waals surface area contributed by atoms with Crippen LogP contribution in [0.4, 0.5) is 0 Å². The Bertz CT molecular complexity index is 483. The van der Waals surface area contributed by atoms with Crippen LogP contribution in [-0.4, -0.2) is 94.1 Å². The molecule has 0 aromatic carbocycles. The minimum atomic E-state index is -3.00. The minimum Gasteiger partial charge on any atom is -0.462 e. The van der Waals surface area contributed by atoms with Gasteiger partial charge in [-0.2, -0.15) is 0 Å². The molecule has 0 amide bonds. The van der Waals surface area contributed by atoms with Crippen LogP contribution in [0.2, 0.25) is 6.04 Å². The molecule has 0 aliphatic rings. The summed E-state index contributed by atoms with van der Waals surface area (Å²) in [4.78, 5) is 11.6. The molecule has 0 saturated heterocycles. The Morgan fingerprint density at radius 2 is 1.09 bits per heavy atom. The molecule has 0 aromatic heterocycles. The maximum atomic E-state index is 11.6. The molecule has 0 N–H and O–H groups in total. The van der Waals surface area contributed by atoms with Crippen molar-refractivity contribution in [3.8, 4) is 0 Å². The highest BCUT2D eigenvalue weighted by molar-refractivity contribution is 6.60. The molecule has 0 spiro atoms. The molecule has 0 bridgehead atoms. The predicted molar refractivity (Wildman–Crippen MR) is 138 cm³/mol. The van der Waals surface area contributed by atoms with Gasteiger partial charge in [-0.05, 0) is 33.1 Å². The van der Waals surface area contributed by atoms with Gasteiger partial charge in [-0.3, -0.25) is 0 Å². The Labute approximate surface area is 214 Å². The first-order chi connectivity index (χ1) is 17.0. The van der Waals surface area contributed by atoms with E-state index in [9.17, 15) is 4.79 Å². The lowest BCUT2D eigenvalue weighted by molar-refractivity contribution is -0.139. The van der Waals surface area contributed by atoms with Gasteiger partial charge in [-0.25, -0.2) is 4.79 Å². The van der Waals surface area contributed by atoms with E-state index in [1.54, 1.807) is 6.92 Å². The summed E-state index contributed by atoms with van der Waals surface area (Å²) in [5.41, 5.74) is 0.373. The molecule has 0 heterocycles. The average Bonchev–Trinajstić information content (AvgIpc) is 2.84. The monoisotopic (exact) mass is 522 g/mol. The third-order valence-electron chi connectivity index (χ3n) is 4.70. The molecule has 0 aliphatic heterocycles. The van der Waals surface area contributed by atoms with Gasteiger partial charge in [0, 0.05) is 31.4 Å². The van der Waals surface area contributed by atoms with Crippen LogP contribution in [0.25, 0.3) is 0 Å². The fourth-order valence-electron chi connectivity index (χ4n) is 2.79. The summed E-state index contributed by atoms with van der Waals surface area (Å²) in [7, 11) is -3.00. The Balaban J connectivity index is 4.48. The third-order valence-corrected chi connectivity index (χ3v) is 7.68. The van der Waals surface area contributed by atoms with Gasteiger partial charge in [0.25, 0.3) is 0 Å².